The van der Waals surface area contributed by atoms with Gasteiger partial charge in [0.05, 0.1) is 20.6 Å². The molecule has 104 valence electrons. The highest BCUT2D eigenvalue weighted by Gasteiger charge is 2.48. The van der Waals surface area contributed by atoms with Gasteiger partial charge in [-0.15, -0.1) is 0 Å². The van der Waals surface area contributed by atoms with Crippen LogP contribution >= 0.6 is 15.9 Å². The zero-order valence-electron chi connectivity index (χ0n) is 10.7. The Bertz CT molecular complexity index is 522. The van der Waals surface area contributed by atoms with Crippen molar-refractivity contribution in [1.29, 1.82) is 0 Å². The maximum absolute atomic E-state index is 11.0. The fraction of sp³-hybridized carbons (Fsp3) is 0.462. The van der Waals surface area contributed by atoms with Crippen molar-refractivity contribution in [2.75, 3.05) is 14.2 Å². The van der Waals surface area contributed by atoms with Crippen molar-refractivity contribution in [2.45, 2.75) is 24.7 Å². The fourth-order valence-corrected chi connectivity index (χ4v) is 2.90. The van der Waals surface area contributed by atoms with Crippen molar-refractivity contribution in [3.8, 4) is 17.2 Å². The van der Waals surface area contributed by atoms with Crippen LogP contribution in [0.3, 0.4) is 0 Å². The number of methoxy groups -OCH3 is 2. The SMILES string of the molecule is COc1cc(C2(CC(=O)O)CC2)c(O)c(Br)c1OC. The Morgan fingerprint density at radius 1 is 1.42 bits per heavy atom. The Morgan fingerprint density at radius 3 is 2.47 bits per heavy atom. The lowest BCUT2D eigenvalue weighted by atomic mass is 9.91. The number of carboxylic acids is 1. The van der Waals surface area contributed by atoms with Gasteiger partial charge in [0.25, 0.3) is 0 Å². The summed E-state index contributed by atoms with van der Waals surface area (Å²) in [5, 5.41) is 19.2. The minimum Gasteiger partial charge on any atom is -0.506 e. The van der Waals surface area contributed by atoms with Crippen LogP contribution in [0.5, 0.6) is 17.2 Å². The first-order valence-corrected chi connectivity index (χ1v) is 6.60. The summed E-state index contributed by atoms with van der Waals surface area (Å²) >= 11 is 3.27. The van der Waals surface area contributed by atoms with Gasteiger partial charge in [-0.25, -0.2) is 0 Å². The summed E-state index contributed by atoms with van der Waals surface area (Å²) in [4.78, 5) is 11.0. The quantitative estimate of drug-likeness (QED) is 0.868. The highest BCUT2D eigenvalue weighted by atomic mass is 79.9. The van der Waals surface area contributed by atoms with E-state index in [1.54, 1.807) is 6.07 Å². The number of hydrogen-bond donors (Lipinski definition) is 2. The lowest BCUT2D eigenvalue weighted by molar-refractivity contribution is -0.137. The molecule has 1 saturated carbocycles. The molecular weight excluding hydrogens is 316 g/mol. The molecule has 0 radical (unpaired) electrons. The summed E-state index contributed by atoms with van der Waals surface area (Å²) in [6.07, 6.45) is 1.49. The van der Waals surface area contributed by atoms with Crippen molar-refractivity contribution in [2.24, 2.45) is 0 Å². The summed E-state index contributed by atoms with van der Waals surface area (Å²) in [7, 11) is 2.98. The first-order valence-electron chi connectivity index (χ1n) is 5.81. The summed E-state index contributed by atoms with van der Waals surface area (Å²) in [5.41, 5.74) is 0.109. The summed E-state index contributed by atoms with van der Waals surface area (Å²) in [6, 6.07) is 1.66. The van der Waals surface area contributed by atoms with Gasteiger partial charge < -0.3 is 19.7 Å². The monoisotopic (exact) mass is 330 g/mol. The van der Waals surface area contributed by atoms with Crippen LogP contribution in [0.4, 0.5) is 0 Å². The Morgan fingerprint density at radius 2 is 2.05 bits per heavy atom. The number of carbonyl (C=O) groups is 1. The molecule has 2 N–H and O–H groups in total. The highest BCUT2D eigenvalue weighted by molar-refractivity contribution is 9.10. The molecule has 2 rings (SSSR count). The van der Waals surface area contributed by atoms with E-state index in [0.29, 0.717) is 21.5 Å². The van der Waals surface area contributed by atoms with Crippen molar-refractivity contribution >= 4 is 21.9 Å². The van der Waals surface area contributed by atoms with Gasteiger partial charge in [-0.1, -0.05) is 0 Å². The Labute approximate surface area is 119 Å². The average Bonchev–Trinajstić information content (AvgIpc) is 3.11. The molecule has 19 heavy (non-hydrogen) atoms. The van der Waals surface area contributed by atoms with Crippen LogP contribution in [0.25, 0.3) is 0 Å². The summed E-state index contributed by atoms with van der Waals surface area (Å²) < 4.78 is 10.8. The number of phenols is 1. The third kappa shape index (κ3) is 2.36. The van der Waals surface area contributed by atoms with Gasteiger partial charge in [0, 0.05) is 11.0 Å². The van der Waals surface area contributed by atoms with Crippen LogP contribution in [-0.2, 0) is 10.2 Å². The van der Waals surface area contributed by atoms with Crippen LogP contribution < -0.4 is 9.47 Å². The number of carboxylic acid groups (broad SMARTS) is 1. The van der Waals surface area contributed by atoms with Crippen molar-refractivity contribution < 1.29 is 24.5 Å². The van der Waals surface area contributed by atoms with Gasteiger partial charge in [-0.05, 0) is 34.8 Å². The van der Waals surface area contributed by atoms with Crippen LogP contribution in [0.1, 0.15) is 24.8 Å². The van der Waals surface area contributed by atoms with E-state index >= 15 is 0 Å². The predicted octanol–water partition coefficient (Wildman–Crippen LogP) is 2.68. The van der Waals surface area contributed by atoms with Gasteiger partial charge in [0.1, 0.15) is 10.2 Å². The number of benzene rings is 1. The van der Waals surface area contributed by atoms with E-state index in [0.717, 1.165) is 12.8 Å². The number of halogens is 1. The largest absolute Gasteiger partial charge is 0.506 e. The van der Waals surface area contributed by atoms with Crippen LogP contribution in [0, 0.1) is 0 Å². The lowest BCUT2D eigenvalue weighted by Gasteiger charge is -2.19. The minimum atomic E-state index is -0.872. The summed E-state index contributed by atoms with van der Waals surface area (Å²) in [6.45, 7) is 0. The third-order valence-corrected chi connectivity index (χ3v) is 4.24. The van der Waals surface area contributed by atoms with Crippen molar-refractivity contribution in [3.63, 3.8) is 0 Å². The molecule has 0 heterocycles. The van der Waals surface area contributed by atoms with E-state index in [4.69, 9.17) is 14.6 Å². The molecule has 0 atom stereocenters. The average molecular weight is 331 g/mol. The number of phenolic OH excluding ortho intramolecular Hbond substituents is 1. The maximum Gasteiger partial charge on any atom is 0.304 e. The molecule has 0 saturated heterocycles. The van der Waals surface area contributed by atoms with Crippen molar-refractivity contribution in [1.82, 2.24) is 0 Å². The zero-order chi connectivity index (χ0) is 14.2. The Hall–Kier alpha value is -1.43. The molecule has 0 bridgehead atoms. The molecule has 1 fully saturated rings. The molecular formula is C13H15BrO5. The normalized spacial score (nSPS) is 15.9. The van der Waals surface area contributed by atoms with E-state index < -0.39 is 11.4 Å². The van der Waals surface area contributed by atoms with Crippen LogP contribution in [-0.4, -0.2) is 30.4 Å². The lowest BCUT2D eigenvalue weighted by Crippen LogP contribution is -2.13. The fourth-order valence-electron chi connectivity index (χ4n) is 2.33. The van der Waals surface area contributed by atoms with Gasteiger partial charge >= 0.3 is 5.97 Å². The molecule has 0 aromatic heterocycles. The van der Waals surface area contributed by atoms with E-state index in [9.17, 15) is 9.90 Å². The van der Waals surface area contributed by atoms with E-state index in [1.807, 2.05) is 0 Å². The second-order valence-corrected chi connectivity index (χ2v) is 5.47. The molecule has 0 spiro atoms. The zero-order valence-corrected chi connectivity index (χ0v) is 12.3. The van der Waals surface area contributed by atoms with Gasteiger partial charge in [0.2, 0.25) is 0 Å². The van der Waals surface area contributed by atoms with Crippen molar-refractivity contribution in [3.05, 3.63) is 16.1 Å². The number of rotatable bonds is 5. The molecule has 1 aliphatic rings. The molecule has 5 nitrogen and oxygen atoms in total. The second kappa shape index (κ2) is 4.92. The first-order chi connectivity index (χ1) is 8.95. The number of aliphatic carboxylic acids is 1. The van der Waals surface area contributed by atoms with Gasteiger partial charge in [-0.2, -0.15) is 0 Å². The van der Waals surface area contributed by atoms with Crippen LogP contribution in [0.15, 0.2) is 10.5 Å². The molecule has 0 amide bonds. The molecule has 1 aromatic rings. The molecule has 1 aromatic carbocycles. The standard InChI is InChI=1S/C13H15BrO5/c1-18-8-5-7(11(17)10(14)12(8)19-2)13(3-4-13)6-9(15)16/h5,17H,3-4,6H2,1-2H3,(H,15,16). The van der Waals surface area contributed by atoms with Gasteiger partial charge in [0.15, 0.2) is 11.5 Å². The van der Waals surface area contributed by atoms with Crippen LogP contribution in [0.2, 0.25) is 0 Å². The number of hydrogen-bond acceptors (Lipinski definition) is 4. The third-order valence-electron chi connectivity index (χ3n) is 3.50. The Kier molecular flexibility index (Phi) is 3.62. The first kappa shape index (κ1) is 14.0. The highest BCUT2D eigenvalue weighted by Crippen LogP contribution is 2.57. The van der Waals surface area contributed by atoms with E-state index in [1.165, 1.54) is 14.2 Å². The number of aromatic hydroxyl groups is 1. The van der Waals surface area contributed by atoms with Gasteiger partial charge in [-0.3, -0.25) is 4.79 Å². The van der Waals surface area contributed by atoms with E-state index in [2.05, 4.69) is 15.9 Å². The molecule has 0 unspecified atom stereocenters. The maximum atomic E-state index is 11.0. The molecule has 1 aliphatic carbocycles. The summed E-state index contributed by atoms with van der Waals surface area (Å²) in [5.74, 6) is 0.0212. The molecule has 0 aliphatic heterocycles. The second-order valence-electron chi connectivity index (χ2n) is 4.67. The topological polar surface area (TPSA) is 76.0 Å². The Balaban J connectivity index is 2.53. The minimum absolute atomic E-state index is 0.00246. The molecule has 6 heteroatoms. The predicted molar refractivity (Wildman–Crippen MR) is 72.1 cm³/mol. The number of ether oxygens (including phenoxy) is 2. The smallest absolute Gasteiger partial charge is 0.304 e. The van der Waals surface area contributed by atoms with E-state index in [-0.39, 0.29) is 12.2 Å².